The monoisotopic (exact) mass is 409 g/mol. The largest absolute Gasteiger partial charge is 0.497 e. The van der Waals surface area contributed by atoms with E-state index in [2.05, 4.69) is 35.6 Å². The second-order valence-corrected chi connectivity index (χ2v) is 8.39. The number of morpholine rings is 1. The van der Waals surface area contributed by atoms with Gasteiger partial charge in [0.15, 0.2) is 0 Å². The molecule has 0 bridgehead atoms. The molecule has 5 nitrogen and oxygen atoms in total. The van der Waals surface area contributed by atoms with Crippen LogP contribution in [0, 0.1) is 0 Å². The Morgan fingerprint density at radius 3 is 2.53 bits per heavy atom. The first kappa shape index (κ1) is 20.9. The van der Waals surface area contributed by atoms with E-state index >= 15 is 0 Å². The minimum absolute atomic E-state index is 0.0944. The number of carbonyl (C=O) groups excluding carboxylic acids is 1. The molecule has 160 valence electrons. The van der Waals surface area contributed by atoms with Gasteiger partial charge in [0, 0.05) is 5.56 Å². The highest BCUT2D eigenvalue weighted by molar-refractivity contribution is 5.78. The molecule has 4 rings (SSSR count). The number of nitrogens with one attached hydrogen (secondary N) is 2. The summed E-state index contributed by atoms with van der Waals surface area (Å²) >= 11 is 0. The first-order valence-electron chi connectivity index (χ1n) is 11.2. The number of quaternary nitrogens is 1. The molecule has 1 amide bonds. The van der Waals surface area contributed by atoms with Crippen LogP contribution in [0.4, 0.5) is 0 Å². The van der Waals surface area contributed by atoms with E-state index in [1.807, 2.05) is 12.1 Å². The van der Waals surface area contributed by atoms with E-state index in [0.717, 1.165) is 44.0 Å². The zero-order valence-corrected chi connectivity index (χ0v) is 17.9. The van der Waals surface area contributed by atoms with Crippen LogP contribution in [0.2, 0.25) is 0 Å². The van der Waals surface area contributed by atoms with E-state index in [-0.39, 0.29) is 11.9 Å². The van der Waals surface area contributed by atoms with E-state index < -0.39 is 0 Å². The average molecular weight is 410 g/mol. The number of ether oxygens (including phenoxy) is 2. The first-order valence-corrected chi connectivity index (χ1v) is 11.2. The van der Waals surface area contributed by atoms with Crippen molar-refractivity contribution in [3.8, 4) is 5.75 Å². The number of methoxy groups -OCH3 is 1. The van der Waals surface area contributed by atoms with Crippen LogP contribution >= 0.6 is 0 Å². The smallest absolute Gasteiger partial charge is 0.224 e. The SMILES string of the molecule is COc1ccc([C@H](CNC(=O)Cc2ccc3c(c2)CCCC3)[NH+]2CCOCC2)cc1. The number of hydrogen-bond donors (Lipinski definition) is 2. The van der Waals surface area contributed by atoms with Gasteiger partial charge in [-0.2, -0.15) is 0 Å². The van der Waals surface area contributed by atoms with Gasteiger partial charge in [-0.25, -0.2) is 0 Å². The Morgan fingerprint density at radius 2 is 1.80 bits per heavy atom. The molecule has 1 aliphatic heterocycles. The molecule has 0 spiro atoms. The van der Waals surface area contributed by atoms with Gasteiger partial charge in [-0.05, 0) is 66.6 Å². The highest BCUT2D eigenvalue weighted by Gasteiger charge is 2.27. The maximum absolute atomic E-state index is 12.7. The van der Waals surface area contributed by atoms with Gasteiger partial charge in [0.2, 0.25) is 5.91 Å². The third-order valence-electron chi connectivity index (χ3n) is 6.43. The van der Waals surface area contributed by atoms with Crippen molar-refractivity contribution in [1.29, 1.82) is 0 Å². The molecule has 0 saturated carbocycles. The van der Waals surface area contributed by atoms with Gasteiger partial charge in [-0.1, -0.05) is 18.2 Å². The van der Waals surface area contributed by atoms with Gasteiger partial charge in [-0.15, -0.1) is 0 Å². The number of hydrogen-bond acceptors (Lipinski definition) is 3. The predicted octanol–water partition coefficient (Wildman–Crippen LogP) is 1.89. The summed E-state index contributed by atoms with van der Waals surface area (Å²) in [4.78, 5) is 14.2. The molecule has 30 heavy (non-hydrogen) atoms. The lowest BCUT2D eigenvalue weighted by Crippen LogP contribution is -3.15. The zero-order valence-electron chi connectivity index (χ0n) is 17.9. The number of benzene rings is 2. The summed E-state index contributed by atoms with van der Waals surface area (Å²) < 4.78 is 10.8. The van der Waals surface area contributed by atoms with E-state index in [4.69, 9.17) is 9.47 Å². The Balaban J connectivity index is 1.40. The summed E-state index contributed by atoms with van der Waals surface area (Å²) in [6.07, 6.45) is 5.30. The van der Waals surface area contributed by atoms with Crippen molar-refractivity contribution in [2.24, 2.45) is 0 Å². The maximum Gasteiger partial charge on any atom is 0.224 e. The van der Waals surface area contributed by atoms with Crippen molar-refractivity contribution in [1.82, 2.24) is 5.32 Å². The lowest BCUT2D eigenvalue weighted by molar-refractivity contribution is -0.937. The first-order chi connectivity index (χ1) is 14.7. The Hall–Kier alpha value is -2.37. The van der Waals surface area contributed by atoms with Gasteiger partial charge in [0.25, 0.3) is 0 Å². The summed E-state index contributed by atoms with van der Waals surface area (Å²) in [7, 11) is 1.68. The number of fused-ring (bicyclic) bond motifs is 1. The summed E-state index contributed by atoms with van der Waals surface area (Å²) in [6, 6.07) is 15.0. The van der Waals surface area contributed by atoms with E-state index in [0.29, 0.717) is 13.0 Å². The van der Waals surface area contributed by atoms with Crippen LogP contribution in [0.15, 0.2) is 42.5 Å². The molecule has 5 heteroatoms. The number of rotatable bonds is 7. The van der Waals surface area contributed by atoms with Crippen LogP contribution in [0.5, 0.6) is 5.75 Å². The topological polar surface area (TPSA) is 52.0 Å². The van der Waals surface area contributed by atoms with Crippen molar-refractivity contribution >= 4 is 5.91 Å². The molecule has 1 fully saturated rings. The molecule has 0 aromatic heterocycles. The summed E-state index contributed by atoms with van der Waals surface area (Å²) in [5.74, 6) is 0.947. The molecule has 2 aromatic carbocycles. The van der Waals surface area contributed by atoms with Crippen molar-refractivity contribution in [3.05, 3.63) is 64.7 Å². The minimum atomic E-state index is 0.0944. The fraction of sp³-hybridized carbons (Fsp3) is 0.480. The van der Waals surface area contributed by atoms with Crippen molar-refractivity contribution < 1.29 is 19.2 Å². The van der Waals surface area contributed by atoms with E-state index in [1.165, 1.54) is 40.9 Å². The lowest BCUT2D eigenvalue weighted by atomic mass is 9.90. The molecule has 2 N–H and O–H groups in total. The van der Waals surface area contributed by atoms with E-state index in [1.54, 1.807) is 7.11 Å². The molecule has 1 saturated heterocycles. The van der Waals surface area contributed by atoms with Crippen molar-refractivity contribution in [2.75, 3.05) is 40.0 Å². The highest BCUT2D eigenvalue weighted by atomic mass is 16.5. The summed E-state index contributed by atoms with van der Waals surface area (Å²) in [6.45, 7) is 4.08. The van der Waals surface area contributed by atoms with E-state index in [9.17, 15) is 4.79 Å². The molecule has 0 radical (unpaired) electrons. The summed E-state index contributed by atoms with van der Waals surface area (Å²) in [5, 5.41) is 3.20. The fourth-order valence-corrected chi connectivity index (χ4v) is 4.68. The van der Waals surface area contributed by atoms with Gasteiger partial charge in [0.05, 0.1) is 33.3 Å². The second-order valence-electron chi connectivity index (χ2n) is 8.39. The standard InChI is InChI=1S/C25H32N2O3/c1-29-23-10-8-21(9-11-23)24(27-12-14-30-15-13-27)18-26-25(28)17-19-6-7-20-4-2-3-5-22(20)16-19/h6-11,16,24H,2-5,12-15,17-18H2,1H3,(H,26,28)/p+1/t24-/m0/s1. The predicted molar refractivity (Wildman–Crippen MR) is 117 cm³/mol. The number of carbonyl (C=O) groups is 1. The molecule has 0 unspecified atom stereocenters. The van der Waals surface area contributed by atoms with Crippen LogP contribution < -0.4 is 15.0 Å². The minimum Gasteiger partial charge on any atom is -0.497 e. The molecule has 2 aliphatic rings. The lowest BCUT2D eigenvalue weighted by Gasteiger charge is -2.32. The van der Waals surface area contributed by atoms with Gasteiger partial charge in [0.1, 0.15) is 24.9 Å². The number of amides is 1. The Kier molecular flexibility index (Phi) is 7.03. The van der Waals surface area contributed by atoms with Crippen LogP contribution in [-0.4, -0.2) is 45.9 Å². The van der Waals surface area contributed by atoms with Gasteiger partial charge < -0.3 is 19.7 Å². The van der Waals surface area contributed by atoms with Gasteiger partial charge >= 0.3 is 0 Å². The van der Waals surface area contributed by atoms with Crippen molar-refractivity contribution in [3.63, 3.8) is 0 Å². The van der Waals surface area contributed by atoms with Crippen molar-refractivity contribution in [2.45, 2.75) is 38.1 Å². The molecule has 2 aromatic rings. The third-order valence-corrected chi connectivity index (χ3v) is 6.43. The maximum atomic E-state index is 12.7. The number of aryl methyl sites for hydroxylation is 2. The fourth-order valence-electron chi connectivity index (χ4n) is 4.68. The molecular weight excluding hydrogens is 376 g/mol. The van der Waals surface area contributed by atoms with Crippen LogP contribution in [0.3, 0.4) is 0 Å². The normalized spacial score (nSPS) is 17.8. The zero-order chi connectivity index (χ0) is 20.8. The van der Waals surface area contributed by atoms with Crippen LogP contribution in [-0.2, 0) is 28.8 Å². The summed E-state index contributed by atoms with van der Waals surface area (Å²) in [5.41, 5.74) is 5.23. The Labute approximate surface area is 179 Å². The van der Waals surface area contributed by atoms with Crippen LogP contribution in [0.25, 0.3) is 0 Å². The quantitative estimate of drug-likeness (QED) is 0.734. The highest BCUT2D eigenvalue weighted by Crippen LogP contribution is 2.22. The second kappa shape index (κ2) is 10.1. The molecule has 1 atom stereocenters. The average Bonchev–Trinajstić information content (AvgIpc) is 2.80. The molecule has 1 heterocycles. The third kappa shape index (κ3) is 5.21. The Bertz CT molecular complexity index is 844. The molecule has 1 aliphatic carbocycles. The molecular formula is C25H33N2O3+. The van der Waals surface area contributed by atoms with Crippen LogP contribution in [0.1, 0.15) is 41.1 Å². The Morgan fingerprint density at radius 1 is 1.07 bits per heavy atom. The van der Waals surface area contributed by atoms with Gasteiger partial charge in [-0.3, -0.25) is 4.79 Å².